The Balaban J connectivity index is 1.12. The third-order valence-corrected chi connectivity index (χ3v) is 5.14. The van der Waals surface area contributed by atoms with Crippen LogP contribution in [0.15, 0.2) is 24.4 Å². The molecular weight excluding hydrogens is 300 g/mol. The zero-order valence-corrected chi connectivity index (χ0v) is 13.7. The van der Waals surface area contributed by atoms with Gasteiger partial charge in [-0.25, -0.2) is 9.97 Å². The van der Waals surface area contributed by atoms with Crippen LogP contribution in [-0.4, -0.2) is 39.8 Å². The van der Waals surface area contributed by atoms with E-state index in [9.17, 15) is 0 Å². The van der Waals surface area contributed by atoms with Gasteiger partial charge in [-0.05, 0) is 43.9 Å². The van der Waals surface area contributed by atoms with Crippen LogP contribution >= 0.6 is 0 Å². The van der Waals surface area contributed by atoms with Crippen molar-refractivity contribution in [3.8, 4) is 0 Å². The highest BCUT2D eigenvalue weighted by Crippen LogP contribution is 2.39. The van der Waals surface area contributed by atoms with Crippen molar-refractivity contribution in [1.29, 1.82) is 0 Å². The Labute approximate surface area is 141 Å². The average molecular weight is 322 g/mol. The minimum atomic E-state index is 0.600. The average Bonchev–Trinajstić information content (AvgIpc) is 3.48. The maximum atomic E-state index is 4.62. The summed E-state index contributed by atoms with van der Waals surface area (Å²) < 4.78 is 0. The molecule has 24 heavy (non-hydrogen) atoms. The molecule has 1 aliphatic heterocycles. The SMILES string of the molecule is c1cc(NCC2CN(c3ccc(C4CC4)nn3)C2)nc(C2CC2)n1. The fourth-order valence-electron chi connectivity index (χ4n) is 3.25. The van der Waals surface area contributed by atoms with Crippen LogP contribution in [0.4, 0.5) is 11.6 Å². The number of anilines is 2. The van der Waals surface area contributed by atoms with Gasteiger partial charge in [-0.1, -0.05) is 0 Å². The minimum absolute atomic E-state index is 0.600. The van der Waals surface area contributed by atoms with Gasteiger partial charge in [0.05, 0.1) is 5.69 Å². The van der Waals surface area contributed by atoms with Crippen LogP contribution in [0.25, 0.3) is 0 Å². The predicted molar refractivity (Wildman–Crippen MR) is 92.2 cm³/mol. The third kappa shape index (κ3) is 2.92. The summed E-state index contributed by atoms with van der Waals surface area (Å²) in [6, 6.07) is 6.23. The smallest absolute Gasteiger partial charge is 0.151 e. The van der Waals surface area contributed by atoms with Crippen molar-refractivity contribution in [2.24, 2.45) is 5.92 Å². The van der Waals surface area contributed by atoms with Crippen molar-refractivity contribution >= 4 is 11.6 Å². The molecule has 1 N–H and O–H groups in total. The van der Waals surface area contributed by atoms with Crippen LogP contribution in [0, 0.1) is 5.92 Å². The van der Waals surface area contributed by atoms with E-state index in [0.29, 0.717) is 17.8 Å². The molecule has 6 nitrogen and oxygen atoms in total. The van der Waals surface area contributed by atoms with E-state index in [2.05, 4.69) is 42.5 Å². The van der Waals surface area contributed by atoms with E-state index < -0.39 is 0 Å². The molecule has 124 valence electrons. The Kier molecular flexibility index (Phi) is 3.35. The second-order valence-corrected chi connectivity index (χ2v) is 7.32. The molecular formula is C18H22N6. The Morgan fingerprint density at radius 1 is 1.00 bits per heavy atom. The fourth-order valence-corrected chi connectivity index (χ4v) is 3.25. The summed E-state index contributed by atoms with van der Waals surface area (Å²) in [7, 11) is 0. The van der Waals surface area contributed by atoms with E-state index in [1.807, 2.05) is 12.3 Å². The second kappa shape index (κ2) is 5.69. The summed E-state index contributed by atoms with van der Waals surface area (Å²) in [5.41, 5.74) is 1.16. The molecule has 3 fully saturated rings. The van der Waals surface area contributed by atoms with E-state index in [1.165, 1.54) is 25.7 Å². The lowest BCUT2D eigenvalue weighted by molar-refractivity contribution is 0.425. The molecule has 6 heteroatoms. The number of hydrogen-bond donors (Lipinski definition) is 1. The molecule has 0 radical (unpaired) electrons. The summed E-state index contributed by atoms with van der Waals surface area (Å²) >= 11 is 0. The van der Waals surface area contributed by atoms with Crippen molar-refractivity contribution in [1.82, 2.24) is 20.2 Å². The van der Waals surface area contributed by atoms with Gasteiger partial charge in [0.2, 0.25) is 0 Å². The summed E-state index contributed by atoms with van der Waals surface area (Å²) in [6.07, 6.45) is 6.89. The van der Waals surface area contributed by atoms with E-state index in [1.54, 1.807) is 0 Å². The first kappa shape index (κ1) is 14.1. The van der Waals surface area contributed by atoms with Gasteiger partial charge in [-0.2, -0.15) is 5.10 Å². The number of hydrogen-bond acceptors (Lipinski definition) is 6. The maximum Gasteiger partial charge on any atom is 0.151 e. The molecule has 2 aromatic rings. The molecule has 2 aliphatic carbocycles. The quantitative estimate of drug-likeness (QED) is 0.882. The van der Waals surface area contributed by atoms with Gasteiger partial charge in [-0.3, -0.25) is 0 Å². The molecule has 0 unspecified atom stereocenters. The Hall–Kier alpha value is -2.24. The molecule has 2 saturated carbocycles. The summed E-state index contributed by atoms with van der Waals surface area (Å²) in [5, 5.41) is 12.2. The van der Waals surface area contributed by atoms with Crippen molar-refractivity contribution < 1.29 is 0 Å². The van der Waals surface area contributed by atoms with E-state index in [0.717, 1.165) is 42.8 Å². The van der Waals surface area contributed by atoms with Crippen LogP contribution in [0.2, 0.25) is 0 Å². The highest BCUT2D eigenvalue weighted by atomic mass is 15.3. The highest BCUT2D eigenvalue weighted by Gasteiger charge is 2.30. The number of rotatable bonds is 6. The first-order valence-corrected chi connectivity index (χ1v) is 9.00. The Bertz CT molecular complexity index is 717. The third-order valence-electron chi connectivity index (χ3n) is 5.14. The Morgan fingerprint density at radius 3 is 2.54 bits per heavy atom. The van der Waals surface area contributed by atoms with Gasteiger partial charge in [0.15, 0.2) is 5.82 Å². The molecule has 5 rings (SSSR count). The monoisotopic (exact) mass is 322 g/mol. The molecule has 2 aromatic heterocycles. The number of nitrogens with one attached hydrogen (secondary N) is 1. The van der Waals surface area contributed by atoms with Gasteiger partial charge >= 0.3 is 0 Å². The van der Waals surface area contributed by atoms with Crippen molar-refractivity contribution in [3.63, 3.8) is 0 Å². The number of aromatic nitrogens is 4. The molecule has 1 saturated heterocycles. The maximum absolute atomic E-state index is 4.62. The predicted octanol–water partition coefficient (Wildman–Crippen LogP) is 2.57. The normalized spacial score (nSPS) is 20.8. The zero-order chi connectivity index (χ0) is 15.9. The first-order chi connectivity index (χ1) is 11.8. The van der Waals surface area contributed by atoms with Gasteiger partial charge in [0.25, 0.3) is 0 Å². The van der Waals surface area contributed by atoms with Gasteiger partial charge in [0, 0.05) is 43.6 Å². The number of nitrogens with zero attached hydrogens (tertiary/aromatic N) is 5. The molecule has 0 spiro atoms. The van der Waals surface area contributed by atoms with Crippen molar-refractivity contribution in [2.75, 3.05) is 29.9 Å². The largest absolute Gasteiger partial charge is 0.370 e. The molecule has 0 amide bonds. The van der Waals surface area contributed by atoms with Crippen LogP contribution in [0.5, 0.6) is 0 Å². The Morgan fingerprint density at radius 2 is 1.83 bits per heavy atom. The molecule has 0 atom stereocenters. The van der Waals surface area contributed by atoms with E-state index in [-0.39, 0.29) is 0 Å². The summed E-state index contributed by atoms with van der Waals surface area (Å²) in [5.74, 6) is 4.87. The van der Waals surface area contributed by atoms with E-state index in [4.69, 9.17) is 0 Å². The second-order valence-electron chi connectivity index (χ2n) is 7.32. The lowest BCUT2D eigenvalue weighted by Crippen LogP contribution is -2.50. The molecule has 0 bridgehead atoms. The van der Waals surface area contributed by atoms with E-state index >= 15 is 0 Å². The lowest BCUT2D eigenvalue weighted by Gasteiger charge is -2.40. The van der Waals surface area contributed by atoms with Crippen molar-refractivity contribution in [3.05, 3.63) is 35.9 Å². The van der Waals surface area contributed by atoms with Gasteiger partial charge in [0.1, 0.15) is 11.6 Å². The summed E-state index contributed by atoms with van der Waals surface area (Å²) in [6.45, 7) is 3.02. The zero-order valence-electron chi connectivity index (χ0n) is 13.7. The highest BCUT2D eigenvalue weighted by molar-refractivity contribution is 5.42. The van der Waals surface area contributed by atoms with Crippen LogP contribution in [0.1, 0.15) is 49.0 Å². The summed E-state index contributed by atoms with van der Waals surface area (Å²) in [4.78, 5) is 11.3. The van der Waals surface area contributed by atoms with Crippen LogP contribution in [-0.2, 0) is 0 Å². The topological polar surface area (TPSA) is 66.8 Å². The lowest BCUT2D eigenvalue weighted by atomic mass is 10.0. The molecule has 3 aliphatic rings. The van der Waals surface area contributed by atoms with Crippen LogP contribution < -0.4 is 10.2 Å². The first-order valence-electron chi connectivity index (χ1n) is 9.00. The van der Waals surface area contributed by atoms with Crippen molar-refractivity contribution in [2.45, 2.75) is 37.5 Å². The molecule has 0 aromatic carbocycles. The standard InChI is InChI=1S/C18H22N6/c1-2-13(1)15-5-6-17(23-22-15)24-10-12(11-24)9-20-16-7-8-19-18(21-16)14-3-4-14/h5-8,12-14H,1-4,9-11H2,(H,19,20,21). The minimum Gasteiger partial charge on any atom is -0.370 e. The van der Waals surface area contributed by atoms with Gasteiger partial charge in [-0.15, -0.1) is 5.10 Å². The fraction of sp³-hybridized carbons (Fsp3) is 0.556. The van der Waals surface area contributed by atoms with Gasteiger partial charge < -0.3 is 10.2 Å². The van der Waals surface area contributed by atoms with Crippen LogP contribution in [0.3, 0.4) is 0 Å². The molecule has 3 heterocycles.